The van der Waals surface area contributed by atoms with Crippen LogP contribution in [0.1, 0.15) is 38.2 Å². The summed E-state index contributed by atoms with van der Waals surface area (Å²) in [7, 11) is -3.87. The van der Waals surface area contributed by atoms with E-state index in [-0.39, 0.29) is 15.5 Å². The van der Waals surface area contributed by atoms with Crippen LogP contribution in [0.25, 0.3) is 0 Å². The number of aliphatic hydroxyl groups is 1. The normalized spacial score (nSPS) is 21.3. The lowest BCUT2D eigenvalue weighted by Crippen LogP contribution is -2.49. The molecule has 1 aliphatic rings. The van der Waals surface area contributed by atoms with Crippen molar-refractivity contribution in [3.05, 3.63) is 28.8 Å². The summed E-state index contributed by atoms with van der Waals surface area (Å²) < 4.78 is 27.2. The van der Waals surface area contributed by atoms with E-state index in [0.29, 0.717) is 19.4 Å². The van der Waals surface area contributed by atoms with Gasteiger partial charge in [-0.15, -0.1) is 0 Å². The third-order valence-corrected chi connectivity index (χ3v) is 6.21. The summed E-state index contributed by atoms with van der Waals surface area (Å²) in [6.45, 7) is 2.17. The van der Waals surface area contributed by atoms with Crippen molar-refractivity contribution < 1.29 is 13.5 Å². The lowest BCUT2D eigenvalue weighted by atomic mass is 9.98. The molecule has 1 aromatic carbocycles. The molecule has 0 aromatic heterocycles. The van der Waals surface area contributed by atoms with Gasteiger partial charge >= 0.3 is 0 Å². The van der Waals surface area contributed by atoms with Crippen LogP contribution >= 0.6 is 11.6 Å². The Bertz CT molecular complexity index is 685. The lowest BCUT2D eigenvalue weighted by molar-refractivity contribution is 0.0667. The molecule has 2 rings (SSSR count). The van der Waals surface area contributed by atoms with Crippen molar-refractivity contribution in [1.82, 2.24) is 4.31 Å². The minimum absolute atomic E-state index is 0.0692. The van der Waals surface area contributed by atoms with Gasteiger partial charge in [0.25, 0.3) is 0 Å². The van der Waals surface area contributed by atoms with E-state index < -0.39 is 22.2 Å². The van der Waals surface area contributed by atoms with Crippen LogP contribution in [0.5, 0.6) is 0 Å². The SMILES string of the molecule is CCC(O)C1CCCCN1S(=O)(=O)c1cc(Cl)ccc1C#N. The molecule has 0 saturated carbocycles. The highest BCUT2D eigenvalue weighted by Gasteiger charge is 2.37. The average Bonchev–Trinajstić information content (AvgIpc) is 2.54. The molecule has 0 amide bonds. The Morgan fingerprint density at radius 2 is 2.23 bits per heavy atom. The number of nitriles is 1. The third-order valence-electron chi connectivity index (χ3n) is 4.01. The Morgan fingerprint density at radius 1 is 1.50 bits per heavy atom. The van der Waals surface area contributed by atoms with Gasteiger partial charge in [0.05, 0.1) is 17.7 Å². The van der Waals surface area contributed by atoms with E-state index >= 15 is 0 Å². The number of nitrogens with zero attached hydrogens (tertiary/aromatic N) is 2. The number of aliphatic hydroxyl groups excluding tert-OH is 1. The fourth-order valence-corrected chi connectivity index (χ4v) is 4.94. The Balaban J connectivity index is 2.49. The summed E-state index contributed by atoms with van der Waals surface area (Å²) in [4.78, 5) is -0.0855. The van der Waals surface area contributed by atoms with E-state index in [4.69, 9.17) is 16.9 Å². The average molecular weight is 343 g/mol. The number of hydrogen-bond donors (Lipinski definition) is 1. The summed E-state index contributed by atoms with van der Waals surface area (Å²) in [5, 5.41) is 19.6. The second kappa shape index (κ2) is 6.97. The molecule has 1 N–H and O–H groups in total. The van der Waals surface area contributed by atoms with Crippen molar-refractivity contribution in [1.29, 1.82) is 5.26 Å². The predicted molar refractivity (Wildman–Crippen MR) is 84.0 cm³/mol. The van der Waals surface area contributed by atoms with Crippen molar-refractivity contribution in [3.63, 3.8) is 0 Å². The van der Waals surface area contributed by atoms with E-state index in [0.717, 1.165) is 12.8 Å². The van der Waals surface area contributed by atoms with Crippen molar-refractivity contribution in [2.24, 2.45) is 0 Å². The number of sulfonamides is 1. The molecule has 1 heterocycles. The molecule has 5 nitrogen and oxygen atoms in total. The predicted octanol–water partition coefficient (Wildman–Crippen LogP) is 2.53. The highest BCUT2D eigenvalue weighted by molar-refractivity contribution is 7.89. The summed E-state index contributed by atoms with van der Waals surface area (Å²) in [6, 6.07) is 5.66. The van der Waals surface area contributed by atoms with Gasteiger partial charge in [0.2, 0.25) is 10.0 Å². The minimum atomic E-state index is -3.87. The number of rotatable bonds is 4. The third kappa shape index (κ3) is 3.28. The second-order valence-electron chi connectivity index (χ2n) is 5.41. The zero-order valence-electron chi connectivity index (χ0n) is 12.4. The van der Waals surface area contributed by atoms with Gasteiger partial charge in [0.1, 0.15) is 11.0 Å². The van der Waals surface area contributed by atoms with Crippen molar-refractivity contribution in [3.8, 4) is 6.07 Å². The molecule has 2 unspecified atom stereocenters. The Morgan fingerprint density at radius 3 is 2.86 bits per heavy atom. The van der Waals surface area contributed by atoms with Crippen LogP contribution in [-0.2, 0) is 10.0 Å². The molecule has 0 aliphatic carbocycles. The number of piperidine rings is 1. The Labute approximate surface area is 136 Å². The van der Waals surface area contributed by atoms with Crippen LogP contribution in [-0.4, -0.2) is 36.5 Å². The van der Waals surface area contributed by atoms with Crippen molar-refractivity contribution >= 4 is 21.6 Å². The van der Waals surface area contributed by atoms with E-state index in [1.165, 1.54) is 22.5 Å². The molecule has 2 atom stereocenters. The maximum atomic E-state index is 13.0. The number of benzene rings is 1. The van der Waals surface area contributed by atoms with Gasteiger partial charge < -0.3 is 5.11 Å². The van der Waals surface area contributed by atoms with Crippen molar-refractivity contribution in [2.45, 2.75) is 49.6 Å². The zero-order chi connectivity index (χ0) is 16.3. The highest BCUT2D eigenvalue weighted by atomic mass is 35.5. The summed E-state index contributed by atoms with van der Waals surface area (Å²) in [6.07, 6.45) is 2.02. The van der Waals surface area contributed by atoms with E-state index in [9.17, 15) is 13.5 Å². The van der Waals surface area contributed by atoms with Crippen LogP contribution in [0.4, 0.5) is 0 Å². The molecule has 0 radical (unpaired) electrons. The molecular weight excluding hydrogens is 324 g/mol. The van der Waals surface area contributed by atoms with E-state index in [1.54, 1.807) is 0 Å². The van der Waals surface area contributed by atoms with Gasteiger partial charge in [-0.1, -0.05) is 24.9 Å². The first-order valence-corrected chi connectivity index (χ1v) is 9.13. The number of halogens is 1. The number of hydrogen-bond acceptors (Lipinski definition) is 4. The van der Waals surface area contributed by atoms with Crippen LogP contribution in [0, 0.1) is 11.3 Å². The largest absolute Gasteiger partial charge is 0.391 e. The molecule has 7 heteroatoms. The molecule has 0 bridgehead atoms. The summed E-state index contributed by atoms with van der Waals surface area (Å²) >= 11 is 5.90. The van der Waals surface area contributed by atoms with Crippen LogP contribution in [0.2, 0.25) is 5.02 Å². The zero-order valence-corrected chi connectivity index (χ0v) is 13.9. The molecule has 1 fully saturated rings. The first kappa shape index (κ1) is 17.2. The molecule has 22 heavy (non-hydrogen) atoms. The van der Waals surface area contributed by atoms with Crippen LogP contribution in [0.15, 0.2) is 23.1 Å². The quantitative estimate of drug-likeness (QED) is 0.911. The van der Waals surface area contributed by atoms with Crippen molar-refractivity contribution in [2.75, 3.05) is 6.54 Å². The Kier molecular flexibility index (Phi) is 5.45. The van der Waals surface area contributed by atoms with Gasteiger partial charge in [0, 0.05) is 11.6 Å². The fourth-order valence-electron chi connectivity index (χ4n) is 2.81. The first-order valence-electron chi connectivity index (χ1n) is 7.31. The molecule has 1 aromatic rings. The molecule has 1 saturated heterocycles. The second-order valence-corrected chi connectivity index (χ2v) is 7.70. The van der Waals surface area contributed by atoms with Gasteiger partial charge in [-0.3, -0.25) is 0 Å². The minimum Gasteiger partial charge on any atom is -0.391 e. The summed E-state index contributed by atoms with van der Waals surface area (Å²) in [5.41, 5.74) is 0.0692. The smallest absolute Gasteiger partial charge is 0.244 e. The maximum Gasteiger partial charge on any atom is 0.244 e. The van der Waals surface area contributed by atoms with Gasteiger partial charge in [-0.05, 0) is 37.5 Å². The maximum absolute atomic E-state index is 13.0. The Hall–Kier alpha value is -1.13. The first-order chi connectivity index (χ1) is 10.4. The van der Waals surface area contributed by atoms with Crippen LogP contribution < -0.4 is 0 Å². The van der Waals surface area contributed by atoms with Crippen LogP contribution in [0.3, 0.4) is 0 Å². The standard InChI is InChI=1S/C15H19ClN2O3S/c1-2-14(19)13-5-3-4-8-18(13)22(20,21)15-9-12(16)7-6-11(15)10-17/h6-7,9,13-14,19H,2-5,8H2,1H3. The molecular formula is C15H19ClN2O3S. The fraction of sp³-hybridized carbons (Fsp3) is 0.533. The highest BCUT2D eigenvalue weighted by Crippen LogP contribution is 2.30. The molecule has 1 aliphatic heterocycles. The monoisotopic (exact) mass is 342 g/mol. The lowest BCUT2D eigenvalue weighted by Gasteiger charge is -2.37. The molecule has 0 spiro atoms. The van der Waals surface area contributed by atoms with E-state index in [1.807, 2.05) is 13.0 Å². The van der Waals surface area contributed by atoms with E-state index in [2.05, 4.69) is 0 Å². The molecule has 120 valence electrons. The summed E-state index contributed by atoms with van der Waals surface area (Å²) in [5.74, 6) is 0. The van der Waals surface area contributed by atoms with Gasteiger partial charge in [-0.25, -0.2) is 8.42 Å². The van der Waals surface area contributed by atoms with Gasteiger partial charge in [0.15, 0.2) is 0 Å². The van der Waals surface area contributed by atoms with Gasteiger partial charge in [-0.2, -0.15) is 9.57 Å². The topological polar surface area (TPSA) is 81.4 Å².